The number of benzene rings is 2. The Morgan fingerprint density at radius 3 is 2.38 bits per heavy atom. The summed E-state index contributed by atoms with van der Waals surface area (Å²) in [6.07, 6.45) is 0.912. The molecule has 1 aliphatic rings. The number of fused-ring (bicyclic) bond motifs is 2. The molecule has 0 saturated heterocycles. The lowest BCUT2D eigenvalue weighted by Gasteiger charge is -2.24. The minimum Gasteiger partial charge on any atom is -0.450 e. The van der Waals surface area contributed by atoms with E-state index in [4.69, 9.17) is 4.42 Å². The van der Waals surface area contributed by atoms with Crippen LogP contribution in [-0.4, -0.2) is 10.9 Å². The van der Waals surface area contributed by atoms with Gasteiger partial charge in [-0.25, -0.2) is 4.98 Å². The Balaban J connectivity index is 1.81. The van der Waals surface area contributed by atoms with E-state index in [0.717, 1.165) is 28.8 Å². The predicted octanol–water partition coefficient (Wildman–Crippen LogP) is 5.43. The van der Waals surface area contributed by atoms with Crippen molar-refractivity contribution < 1.29 is 9.21 Å². The molecule has 1 amide bonds. The van der Waals surface area contributed by atoms with Crippen molar-refractivity contribution >= 4 is 22.7 Å². The first-order valence-electron chi connectivity index (χ1n) is 10.8. The van der Waals surface area contributed by atoms with Gasteiger partial charge in [-0.1, -0.05) is 37.3 Å². The largest absolute Gasteiger partial charge is 0.450 e. The molecule has 160 valence electrons. The van der Waals surface area contributed by atoms with E-state index in [-0.39, 0.29) is 17.1 Å². The van der Waals surface area contributed by atoms with Crippen LogP contribution in [0.15, 0.2) is 63.8 Å². The quantitative estimate of drug-likeness (QED) is 0.440. The second-order valence-corrected chi connectivity index (χ2v) is 8.42. The summed E-state index contributed by atoms with van der Waals surface area (Å²) in [6, 6.07) is 16.7. The normalized spacial score (nSPS) is 15.4. The summed E-state index contributed by atoms with van der Waals surface area (Å²) in [5, 5.41) is 0.494. The van der Waals surface area contributed by atoms with Crippen LogP contribution in [0.4, 0.5) is 5.82 Å². The van der Waals surface area contributed by atoms with Crippen molar-refractivity contribution in [3.63, 3.8) is 0 Å². The minimum atomic E-state index is -0.597. The lowest BCUT2D eigenvalue weighted by atomic mass is 9.96. The maximum atomic E-state index is 13.7. The molecule has 2 aromatic heterocycles. The van der Waals surface area contributed by atoms with E-state index in [0.29, 0.717) is 22.4 Å². The van der Waals surface area contributed by atoms with Crippen LogP contribution in [-0.2, 0) is 6.42 Å². The zero-order valence-electron chi connectivity index (χ0n) is 18.6. The van der Waals surface area contributed by atoms with E-state index in [1.54, 1.807) is 11.0 Å². The van der Waals surface area contributed by atoms with Crippen LogP contribution < -0.4 is 10.3 Å². The van der Waals surface area contributed by atoms with Crippen molar-refractivity contribution in [2.24, 2.45) is 0 Å². The van der Waals surface area contributed by atoms with Crippen LogP contribution >= 0.6 is 0 Å². The molecule has 5 nitrogen and oxygen atoms in total. The molecule has 0 saturated carbocycles. The Morgan fingerprint density at radius 2 is 1.69 bits per heavy atom. The van der Waals surface area contributed by atoms with Crippen molar-refractivity contribution in [2.75, 3.05) is 4.90 Å². The molecule has 0 spiro atoms. The first-order valence-corrected chi connectivity index (χ1v) is 10.8. The second-order valence-electron chi connectivity index (χ2n) is 8.42. The number of nitrogens with zero attached hydrogens (tertiary/aromatic N) is 2. The molecule has 3 heterocycles. The number of carbonyl (C=O) groups is 1. The second kappa shape index (κ2) is 7.45. The summed E-state index contributed by atoms with van der Waals surface area (Å²) in [6.45, 7) is 7.91. The molecule has 0 bridgehead atoms. The average Bonchev–Trinajstić information content (AvgIpc) is 3.08. The molecule has 2 aromatic carbocycles. The molecule has 0 radical (unpaired) electrons. The number of amides is 1. The number of hydrogen-bond donors (Lipinski definition) is 0. The zero-order chi connectivity index (χ0) is 22.6. The van der Waals surface area contributed by atoms with E-state index in [1.165, 1.54) is 5.56 Å². The van der Waals surface area contributed by atoms with Crippen LogP contribution in [0.1, 0.15) is 57.0 Å². The lowest BCUT2D eigenvalue weighted by molar-refractivity contribution is 0.0970. The van der Waals surface area contributed by atoms with E-state index in [1.807, 2.05) is 69.3 Å². The molecule has 1 atom stereocenters. The van der Waals surface area contributed by atoms with Gasteiger partial charge in [-0.2, -0.15) is 0 Å². The van der Waals surface area contributed by atoms with E-state index < -0.39 is 6.04 Å². The maximum absolute atomic E-state index is 13.7. The standard InChI is InChI=1S/C27H24N2O3/c1-5-18-9-11-19(12-10-18)24-23-25(30)20-13-15(2)16(3)14-21(20)32-26(23)27(31)29(24)22-8-6-7-17(4)28-22/h6-14,24H,5H2,1-4H3. The molecular weight excluding hydrogens is 400 g/mol. The number of anilines is 1. The van der Waals surface area contributed by atoms with Gasteiger partial charge in [0, 0.05) is 5.69 Å². The molecular formula is C27H24N2O3. The number of rotatable bonds is 3. The number of aromatic nitrogens is 1. The third-order valence-electron chi connectivity index (χ3n) is 6.31. The highest BCUT2D eigenvalue weighted by molar-refractivity contribution is 6.10. The molecule has 5 rings (SSSR count). The first kappa shape index (κ1) is 20.2. The minimum absolute atomic E-state index is 0.0960. The summed E-state index contributed by atoms with van der Waals surface area (Å²) in [5.41, 5.74) is 5.50. The molecule has 32 heavy (non-hydrogen) atoms. The highest BCUT2D eigenvalue weighted by Gasteiger charge is 2.44. The molecule has 1 aliphatic heterocycles. The molecule has 0 fully saturated rings. The van der Waals surface area contributed by atoms with Gasteiger partial charge in [0.15, 0.2) is 5.43 Å². The highest BCUT2D eigenvalue weighted by atomic mass is 16.3. The summed E-state index contributed by atoms with van der Waals surface area (Å²) in [5.74, 6) is 0.250. The highest BCUT2D eigenvalue weighted by Crippen LogP contribution is 2.40. The van der Waals surface area contributed by atoms with Gasteiger partial charge in [-0.3, -0.25) is 14.5 Å². The third-order valence-corrected chi connectivity index (χ3v) is 6.31. The van der Waals surface area contributed by atoms with Gasteiger partial charge in [0.25, 0.3) is 5.91 Å². The van der Waals surface area contributed by atoms with Crippen LogP contribution in [0.3, 0.4) is 0 Å². The monoisotopic (exact) mass is 424 g/mol. The van der Waals surface area contributed by atoms with Crippen LogP contribution in [0, 0.1) is 20.8 Å². The lowest BCUT2D eigenvalue weighted by Crippen LogP contribution is -2.30. The number of aryl methyl sites for hydroxylation is 4. The SMILES string of the molecule is CCc1ccc(C2c3c(oc4cc(C)c(C)cc4c3=O)C(=O)N2c2cccc(C)n2)cc1. The fourth-order valence-electron chi connectivity index (χ4n) is 4.38. The third kappa shape index (κ3) is 3.04. The van der Waals surface area contributed by atoms with E-state index in [2.05, 4.69) is 11.9 Å². The fraction of sp³-hybridized carbons (Fsp3) is 0.222. The van der Waals surface area contributed by atoms with Crippen molar-refractivity contribution in [3.8, 4) is 0 Å². The Bertz CT molecular complexity index is 1430. The van der Waals surface area contributed by atoms with Gasteiger partial charge in [-0.05, 0) is 73.7 Å². The summed E-state index contributed by atoms with van der Waals surface area (Å²) in [4.78, 5) is 33.5. The number of pyridine rings is 1. The van der Waals surface area contributed by atoms with Gasteiger partial charge in [-0.15, -0.1) is 0 Å². The summed E-state index contributed by atoms with van der Waals surface area (Å²) >= 11 is 0. The summed E-state index contributed by atoms with van der Waals surface area (Å²) in [7, 11) is 0. The van der Waals surface area contributed by atoms with Gasteiger partial charge in [0.2, 0.25) is 5.76 Å². The Morgan fingerprint density at radius 1 is 0.969 bits per heavy atom. The summed E-state index contributed by atoms with van der Waals surface area (Å²) < 4.78 is 6.09. The van der Waals surface area contributed by atoms with Crippen LogP contribution in [0.25, 0.3) is 11.0 Å². The average molecular weight is 425 g/mol. The van der Waals surface area contributed by atoms with Crippen LogP contribution in [0.2, 0.25) is 0 Å². The Kier molecular flexibility index (Phi) is 4.70. The predicted molar refractivity (Wildman–Crippen MR) is 125 cm³/mol. The number of hydrogen-bond acceptors (Lipinski definition) is 4. The maximum Gasteiger partial charge on any atom is 0.296 e. The fourth-order valence-corrected chi connectivity index (χ4v) is 4.38. The van der Waals surface area contributed by atoms with Crippen LogP contribution in [0.5, 0.6) is 0 Å². The topological polar surface area (TPSA) is 63.4 Å². The van der Waals surface area contributed by atoms with Gasteiger partial charge in [0.1, 0.15) is 11.4 Å². The van der Waals surface area contributed by atoms with Crippen molar-refractivity contribution in [2.45, 2.75) is 40.2 Å². The van der Waals surface area contributed by atoms with Gasteiger partial charge >= 0.3 is 0 Å². The van der Waals surface area contributed by atoms with Gasteiger partial charge < -0.3 is 4.42 Å². The first-order chi connectivity index (χ1) is 15.4. The molecule has 0 aliphatic carbocycles. The van der Waals surface area contributed by atoms with Crippen molar-refractivity contribution in [1.82, 2.24) is 4.98 Å². The Labute approximate surface area is 186 Å². The van der Waals surface area contributed by atoms with Crippen molar-refractivity contribution in [1.29, 1.82) is 0 Å². The smallest absolute Gasteiger partial charge is 0.296 e. The van der Waals surface area contributed by atoms with E-state index in [9.17, 15) is 9.59 Å². The van der Waals surface area contributed by atoms with Crippen molar-refractivity contribution in [3.05, 3.63) is 104 Å². The number of carbonyl (C=O) groups excluding carboxylic acids is 1. The Hall–Kier alpha value is -3.73. The molecule has 0 N–H and O–H groups in total. The zero-order valence-corrected chi connectivity index (χ0v) is 18.6. The molecule has 5 heteroatoms. The van der Waals surface area contributed by atoms with Gasteiger partial charge in [0.05, 0.1) is 17.0 Å². The molecule has 1 unspecified atom stereocenters. The van der Waals surface area contributed by atoms with E-state index >= 15 is 0 Å². The molecule has 4 aromatic rings.